The van der Waals surface area contributed by atoms with Gasteiger partial charge in [0.1, 0.15) is 6.04 Å². The molecule has 0 aromatic heterocycles. The van der Waals surface area contributed by atoms with E-state index < -0.39 is 11.9 Å². The van der Waals surface area contributed by atoms with Crippen LogP contribution in [0.25, 0.3) is 0 Å². The average Bonchev–Trinajstić information content (AvgIpc) is 3.27. The standard InChI is InChI=1S/C24H29Cl2N3O2/c1-16(2)22(28-23(30)19-11-10-18(25)14-20(19)26)24(31)27-15-21(29-12-6-7-13-29)17-8-4-3-5-9-17/h3-5,8-11,14,16,21-22H,6-7,12-13,15H2,1-2H3,(H,27,31)(H,28,30)/t21-,22-/m0/s1. The first-order valence-corrected chi connectivity index (χ1v) is 11.4. The van der Waals surface area contributed by atoms with E-state index >= 15 is 0 Å². The van der Waals surface area contributed by atoms with Crippen molar-refractivity contribution in [2.75, 3.05) is 19.6 Å². The van der Waals surface area contributed by atoms with Gasteiger partial charge in [0, 0.05) is 11.6 Å². The van der Waals surface area contributed by atoms with Gasteiger partial charge in [0.25, 0.3) is 5.91 Å². The number of likely N-dealkylation sites (tertiary alicyclic amines) is 1. The fourth-order valence-electron chi connectivity index (χ4n) is 3.92. The second kappa shape index (κ2) is 11.0. The van der Waals surface area contributed by atoms with Crippen LogP contribution in [-0.2, 0) is 4.79 Å². The summed E-state index contributed by atoms with van der Waals surface area (Å²) in [5.74, 6) is -0.680. The summed E-state index contributed by atoms with van der Waals surface area (Å²) in [6.07, 6.45) is 2.34. The predicted octanol–water partition coefficient (Wildman–Crippen LogP) is 4.70. The smallest absolute Gasteiger partial charge is 0.253 e. The van der Waals surface area contributed by atoms with Gasteiger partial charge in [0.05, 0.1) is 16.6 Å². The second-order valence-corrected chi connectivity index (χ2v) is 9.08. The van der Waals surface area contributed by atoms with Gasteiger partial charge in [-0.05, 0) is 55.6 Å². The molecule has 2 aromatic carbocycles. The third-order valence-corrected chi connectivity index (χ3v) is 6.19. The fraction of sp³-hybridized carbons (Fsp3) is 0.417. The van der Waals surface area contributed by atoms with Crippen LogP contribution in [0, 0.1) is 5.92 Å². The van der Waals surface area contributed by atoms with E-state index in [0.29, 0.717) is 17.1 Å². The summed E-state index contributed by atoms with van der Waals surface area (Å²) in [5, 5.41) is 6.61. The summed E-state index contributed by atoms with van der Waals surface area (Å²) in [5.41, 5.74) is 1.48. The van der Waals surface area contributed by atoms with Gasteiger partial charge in [0.2, 0.25) is 5.91 Å². The van der Waals surface area contributed by atoms with E-state index in [0.717, 1.165) is 13.1 Å². The SMILES string of the molecule is CC(C)[C@H](NC(=O)c1ccc(Cl)cc1Cl)C(=O)NC[C@@H](c1ccccc1)N1CCCC1. The van der Waals surface area contributed by atoms with Crippen LogP contribution in [0.1, 0.15) is 48.7 Å². The Bertz CT molecular complexity index is 899. The lowest BCUT2D eigenvalue weighted by atomic mass is 10.0. The quantitative estimate of drug-likeness (QED) is 0.598. The number of halogens is 2. The second-order valence-electron chi connectivity index (χ2n) is 8.23. The van der Waals surface area contributed by atoms with Crippen LogP contribution in [0.2, 0.25) is 10.0 Å². The minimum absolute atomic E-state index is 0.0861. The number of nitrogens with one attached hydrogen (secondary N) is 2. The molecule has 0 radical (unpaired) electrons. The number of hydrogen-bond donors (Lipinski definition) is 2. The highest BCUT2D eigenvalue weighted by atomic mass is 35.5. The molecule has 1 saturated heterocycles. The Kier molecular flexibility index (Phi) is 8.35. The van der Waals surface area contributed by atoms with Crippen LogP contribution < -0.4 is 10.6 Å². The van der Waals surface area contributed by atoms with Gasteiger partial charge >= 0.3 is 0 Å². The van der Waals surface area contributed by atoms with Crippen molar-refractivity contribution in [2.24, 2.45) is 5.92 Å². The number of hydrogen-bond acceptors (Lipinski definition) is 3. The average molecular weight is 462 g/mol. The Hall–Kier alpha value is -2.08. The molecule has 1 heterocycles. The summed E-state index contributed by atoms with van der Waals surface area (Å²) in [7, 11) is 0. The molecule has 1 fully saturated rings. The molecule has 0 saturated carbocycles. The molecule has 1 aliphatic rings. The van der Waals surface area contributed by atoms with Gasteiger partial charge in [-0.25, -0.2) is 0 Å². The van der Waals surface area contributed by atoms with Crippen LogP contribution in [0.3, 0.4) is 0 Å². The normalized spacial score (nSPS) is 16.2. The van der Waals surface area contributed by atoms with E-state index in [1.807, 2.05) is 32.0 Å². The molecule has 0 unspecified atom stereocenters. The largest absolute Gasteiger partial charge is 0.352 e. The zero-order valence-electron chi connectivity index (χ0n) is 17.9. The third-order valence-electron chi connectivity index (χ3n) is 5.65. The van der Waals surface area contributed by atoms with Crippen molar-refractivity contribution in [3.8, 4) is 0 Å². The minimum Gasteiger partial charge on any atom is -0.352 e. The van der Waals surface area contributed by atoms with Crippen LogP contribution in [0.15, 0.2) is 48.5 Å². The van der Waals surface area contributed by atoms with E-state index in [9.17, 15) is 9.59 Å². The molecule has 7 heteroatoms. The molecular formula is C24H29Cl2N3O2. The molecule has 2 N–H and O–H groups in total. The molecule has 166 valence electrons. The number of amides is 2. The number of carbonyl (C=O) groups excluding carboxylic acids is 2. The van der Waals surface area contributed by atoms with Gasteiger partial charge in [0.15, 0.2) is 0 Å². The lowest BCUT2D eigenvalue weighted by molar-refractivity contribution is -0.124. The first-order valence-electron chi connectivity index (χ1n) is 10.7. The highest BCUT2D eigenvalue weighted by molar-refractivity contribution is 6.36. The molecular weight excluding hydrogens is 433 g/mol. The first kappa shape index (κ1) is 23.6. The Morgan fingerprint density at radius 1 is 1.03 bits per heavy atom. The van der Waals surface area contributed by atoms with E-state index in [-0.39, 0.29) is 22.9 Å². The summed E-state index contributed by atoms with van der Waals surface area (Å²) >= 11 is 12.1. The molecule has 0 aliphatic carbocycles. The fourth-order valence-corrected chi connectivity index (χ4v) is 4.42. The summed E-state index contributed by atoms with van der Waals surface area (Å²) in [6.45, 7) is 6.35. The highest BCUT2D eigenvalue weighted by Gasteiger charge is 2.28. The lowest BCUT2D eigenvalue weighted by Crippen LogP contribution is -2.51. The Morgan fingerprint density at radius 2 is 1.71 bits per heavy atom. The van der Waals surface area contributed by atoms with Crippen LogP contribution in [0.5, 0.6) is 0 Å². The Balaban J connectivity index is 1.68. The zero-order valence-corrected chi connectivity index (χ0v) is 19.4. The Labute approximate surface area is 194 Å². The maximum Gasteiger partial charge on any atom is 0.253 e. The number of nitrogens with zero attached hydrogens (tertiary/aromatic N) is 1. The van der Waals surface area contributed by atoms with Gasteiger partial charge in [-0.3, -0.25) is 14.5 Å². The van der Waals surface area contributed by atoms with Gasteiger partial charge in [-0.2, -0.15) is 0 Å². The number of benzene rings is 2. The molecule has 31 heavy (non-hydrogen) atoms. The summed E-state index contributed by atoms with van der Waals surface area (Å²) in [6, 6.07) is 14.4. The first-order chi connectivity index (χ1) is 14.9. The lowest BCUT2D eigenvalue weighted by Gasteiger charge is -2.29. The number of carbonyl (C=O) groups is 2. The molecule has 0 bridgehead atoms. The molecule has 5 nitrogen and oxygen atoms in total. The molecule has 3 rings (SSSR count). The van der Waals surface area contributed by atoms with E-state index in [1.165, 1.54) is 24.5 Å². The summed E-state index contributed by atoms with van der Waals surface area (Å²) in [4.78, 5) is 28.2. The maximum absolute atomic E-state index is 13.0. The number of rotatable bonds is 8. The molecule has 2 aromatic rings. The van der Waals surface area contributed by atoms with Crippen molar-refractivity contribution in [1.29, 1.82) is 0 Å². The molecule has 2 atom stereocenters. The highest BCUT2D eigenvalue weighted by Crippen LogP contribution is 2.25. The molecule has 1 aliphatic heterocycles. The van der Waals surface area contributed by atoms with Gasteiger partial charge in [-0.1, -0.05) is 67.4 Å². The topological polar surface area (TPSA) is 61.4 Å². The van der Waals surface area contributed by atoms with Crippen LogP contribution >= 0.6 is 23.2 Å². The Morgan fingerprint density at radius 3 is 2.32 bits per heavy atom. The van der Waals surface area contributed by atoms with Crippen LogP contribution in [0.4, 0.5) is 0 Å². The van der Waals surface area contributed by atoms with Gasteiger partial charge < -0.3 is 10.6 Å². The molecule has 2 amide bonds. The van der Waals surface area contributed by atoms with E-state index in [1.54, 1.807) is 12.1 Å². The van der Waals surface area contributed by atoms with Crippen molar-refractivity contribution >= 4 is 35.0 Å². The van der Waals surface area contributed by atoms with Crippen molar-refractivity contribution in [3.63, 3.8) is 0 Å². The minimum atomic E-state index is -0.672. The van der Waals surface area contributed by atoms with Crippen molar-refractivity contribution in [1.82, 2.24) is 15.5 Å². The van der Waals surface area contributed by atoms with E-state index in [2.05, 4.69) is 27.7 Å². The van der Waals surface area contributed by atoms with Gasteiger partial charge in [-0.15, -0.1) is 0 Å². The summed E-state index contributed by atoms with van der Waals surface area (Å²) < 4.78 is 0. The van der Waals surface area contributed by atoms with Crippen molar-refractivity contribution < 1.29 is 9.59 Å². The predicted molar refractivity (Wildman–Crippen MR) is 126 cm³/mol. The van der Waals surface area contributed by atoms with Crippen molar-refractivity contribution in [2.45, 2.75) is 38.8 Å². The third kappa shape index (κ3) is 6.22. The van der Waals surface area contributed by atoms with E-state index in [4.69, 9.17) is 23.2 Å². The maximum atomic E-state index is 13.0. The molecule has 0 spiro atoms. The van der Waals surface area contributed by atoms with Crippen LogP contribution in [-0.4, -0.2) is 42.4 Å². The monoisotopic (exact) mass is 461 g/mol. The zero-order chi connectivity index (χ0) is 22.4. The van der Waals surface area contributed by atoms with Crippen molar-refractivity contribution in [3.05, 3.63) is 69.7 Å².